The van der Waals surface area contributed by atoms with Crippen LogP contribution in [0.2, 0.25) is 0 Å². The minimum atomic E-state index is -4.53. The van der Waals surface area contributed by atoms with Gasteiger partial charge in [0.1, 0.15) is 6.26 Å². The predicted octanol–water partition coefficient (Wildman–Crippen LogP) is 6.71. The molecular weight excluding hydrogens is 585 g/mol. The van der Waals surface area contributed by atoms with Crippen molar-refractivity contribution >= 4 is 21.8 Å². The third-order valence-corrected chi connectivity index (χ3v) is 8.24. The second-order valence-corrected chi connectivity index (χ2v) is 11.4. The average Bonchev–Trinajstić information content (AvgIpc) is 3.63. The molecule has 43 heavy (non-hydrogen) atoms. The molecule has 0 unspecified atom stereocenters. The Morgan fingerprint density at radius 1 is 1.00 bits per heavy atom. The van der Waals surface area contributed by atoms with Crippen molar-refractivity contribution in [3.05, 3.63) is 107 Å². The van der Waals surface area contributed by atoms with E-state index in [9.17, 15) is 26.4 Å². The Bertz CT molecular complexity index is 1880. The topological polar surface area (TPSA) is 119 Å². The van der Waals surface area contributed by atoms with Gasteiger partial charge >= 0.3 is 6.18 Å². The van der Waals surface area contributed by atoms with Crippen molar-refractivity contribution in [2.45, 2.75) is 31.5 Å². The first kappa shape index (κ1) is 29.6. The number of hydrogen-bond acceptors (Lipinski definition) is 7. The quantitative estimate of drug-likeness (QED) is 0.208. The largest absolute Gasteiger partial charge is 0.445 e. The first-order valence-electron chi connectivity index (χ1n) is 12.9. The number of halogens is 3. The Morgan fingerprint density at radius 2 is 1.72 bits per heavy atom. The van der Waals surface area contributed by atoms with Crippen LogP contribution in [0.4, 0.5) is 19.1 Å². The van der Waals surface area contributed by atoms with Crippen LogP contribution in [0.1, 0.15) is 32.7 Å². The van der Waals surface area contributed by atoms with E-state index in [1.165, 1.54) is 30.5 Å². The molecule has 2 heterocycles. The maximum atomic E-state index is 13.6. The van der Waals surface area contributed by atoms with Crippen LogP contribution in [0.15, 0.2) is 93.0 Å². The number of nitrogens with one attached hydrogen (secondary N) is 1. The lowest BCUT2D eigenvalue weighted by Crippen LogP contribution is -2.26. The van der Waals surface area contributed by atoms with Crippen LogP contribution in [0, 0.1) is 13.8 Å². The Hall–Kier alpha value is -4.91. The molecular formula is C30H25F3N4O5S. The summed E-state index contributed by atoms with van der Waals surface area (Å²) in [6, 6.07) is 15.4. The van der Waals surface area contributed by atoms with Gasteiger partial charge in [-0.25, -0.2) is 18.1 Å². The lowest BCUT2D eigenvalue weighted by molar-refractivity contribution is -0.137. The fourth-order valence-corrected chi connectivity index (χ4v) is 5.72. The zero-order chi connectivity index (χ0) is 30.9. The molecule has 0 spiro atoms. The molecule has 0 saturated heterocycles. The number of amides is 1. The van der Waals surface area contributed by atoms with E-state index in [0.29, 0.717) is 39.4 Å². The van der Waals surface area contributed by atoms with Crippen LogP contribution >= 0.6 is 0 Å². The van der Waals surface area contributed by atoms with E-state index in [1.807, 2.05) is 0 Å². The number of alkyl halides is 3. The molecule has 9 nitrogen and oxygen atoms in total. The van der Waals surface area contributed by atoms with Crippen LogP contribution in [-0.2, 0) is 22.7 Å². The molecule has 0 bridgehead atoms. The maximum Gasteiger partial charge on any atom is 0.416 e. The standard InChI is InChI=1S/C30H25F3N4O5S/c1-18-19(2)35-42-27(18)36-43(39,40)26-7-5-4-6-25(26)24-13-10-21(28-34-14-15-41-28)16-22(24)17-37(3)29(38)20-8-11-23(12-9-20)30(31,32)33/h4-16,36H,17H2,1-3H3. The fourth-order valence-electron chi connectivity index (χ4n) is 4.45. The zero-order valence-corrected chi connectivity index (χ0v) is 24.0. The molecule has 1 N–H and O–H groups in total. The van der Waals surface area contributed by atoms with Gasteiger partial charge in [-0.15, -0.1) is 0 Å². The maximum absolute atomic E-state index is 13.6. The molecule has 1 amide bonds. The fraction of sp³-hybridized carbons (Fsp3) is 0.167. The van der Waals surface area contributed by atoms with Crippen LogP contribution < -0.4 is 4.72 Å². The van der Waals surface area contributed by atoms with Crippen LogP contribution in [0.25, 0.3) is 22.6 Å². The normalized spacial score (nSPS) is 11.9. The molecule has 5 rings (SSSR count). The molecule has 0 saturated carbocycles. The first-order chi connectivity index (χ1) is 20.3. The van der Waals surface area contributed by atoms with Crippen molar-refractivity contribution in [2.24, 2.45) is 0 Å². The summed E-state index contributed by atoms with van der Waals surface area (Å²) in [5.74, 6) is -0.225. The molecule has 0 radical (unpaired) electrons. The molecule has 3 aromatic carbocycles. The third-order valence-electron chi connectivity index (χ3n) is 6.85. The Morgan fingerprint density at radius 3 is 2.35 bits per heavy atom. The van der Waals surface area contributed by atoms with E-state index in [1.54, 1.807) is 50.2 Å². The highest BCUT2D eigenvalue weighted by atomic mass is 32.2. The third kappa shape index (κ3) is 6.16. The number of anilines is 1. The van der Waals surface area contributed by atoms with Crippen LogP contribution in [0.5, 0.6) is 0 Å². The number of sulfonamides is 1. The molecule has 2 aromatic heterocycles. The van der Waals surface area contributed by atoms with Crippen molar-refractivity contribution in [3.63, 3.8) is 0 Å². The van der Waals surface area contributed by atoms with E-state index in [0.717, 1.165) is 24.3 Å². The van der Waals surface area contributed by atoms with Crippen molar-refractivity contribution < 1.29 is 35.3 Å². The molecule has 5 aromatic rings. The number of carbonyl (C=O) groups excluding carboxylic acids is 1. The minimum absolute atomic E-state index is 0.00589. The molecule has 0 aliphatic rings. The van der Waals surface area contributed by atoms with E-state index < -0.39 is 27.7 Å². The van der Waals surface area contributed by atoms with Crippen molar-refractivity contribution in [1.82, 2.24) is 15.0 Å². The minimum Gasteiger partial charge on any atom is -0.445 e. The lowest BCUT2D eigenvalue weighted by Gasteiger charge is -2.21. The second kappa shape index (κ2) is 11.4. The monoisotopic (exact) mass is 610 g/mol. The van der Waals surface area contributed by atoms with Crippen LogP contribution in [0.3, 0.4) is 0 Å². The van der Waals surface area contributed by atoms with Crippen molar-refractivity contribution in [1.29, 1.82) is 0 Å². The van der Waals surface area contributed by atoms with Crippen molar-refractivity contribution in [2.75, 3.05) is 11.8 Å². The number of aryl methyl sites for hydroxylation is 1. The Kier molecular flexibility index (Phi) is 7.84. The summed E-state index contributed by atoms with van der Waals surface area (Å²) in [4.78, 5) is 18.7. The molecule has 0 aliphatic heterocycles. The van der Waals surface area contributed by atoms with Gasteiger partial charge in [-0.05, 0) is 67.4 Å². The number of aromatic nitrogens is 2. The summed E-state index contributed by atoms with van der Waals surface area (Å²) < 4.78 is 79.3. The molecule has 13 heteroatoms. The lowest BCUT2D eigenvalue weighted by atomic mass is 9.96. The molecule has 222 valence electrons. The summed E-state index contributed by atoms with van der Waals surface area (Å²) in [7, 11) is -2.66. The molecule has 0 atom stereocenters. The molecule has 0 fully saturated rings. The second-order valence-electron chi connectivity index (χ2n) is 9.77. The number of carbonyl (C=O) groups is 1. The van der Waals surface area contributed by atoms with Gasteiger partial charge in [0.15, 0.2) is 0 Å². The summed E-state index contributed by atoms with van der Waals surface area (Å²) in [5.41, 5.74) is 2.22. The van der Waals surface area contributed by atoms with Gasteiger partial charge in [-0.1, -0.05) is 29.4 Å². The van der Waals surface area contributed by atoms with Gasteiger partial charge in [0, 0.05) is 35.8 Å². The predicted molar refractivity (Wildman–Crippen MR) is 151 cm³/mol. The van der Waals surface area contributed by atoms with Gasteiger partial charge < -0.3 is 13.8 Å². The highest BCUT2D eigenvalue weighted by Gasteiger charge is 2.30. The van der Waals surface area contributed by atoms with Crippen molar-refractivity contribution in [3.8, 4) is 22.6 Å². The Balaban J connectivity index is 1.54. The van der Waals surface area contributed by atoms with E-state index in [4.69, 9.17) is 8.94 Å². The number of rotatable bonds is 8. The van der Waals surface area contributed by atoms with E-state index in [2.05, 4.69) is 14.9 Å². The molecule has 0 aliphatic carbocycles. The highest BCUT2D eigenvalue weighted by molar-refractivity contribution is 7.92. The summed E-state index contributed by atoms with van der Waals surface area (Å²) >= 11 is 0. The van der Waals surface area contributed by atoms with Gasteiger partial charge in [0.05, 0.1) is 22.3 Å². The number of hydrogen-bond donors (Lipinski definition) is 1. The van der Waals surface area contributed by atoms with E-state index in [-0.39, 0.29) is 22.9 Å². The smallest absolute Gasteiger partial charge is 0.416 e. The van der Waals surface area contributed by atoms with Gasteiger partial charge in [0.25, 0.3) is 15.9 Å². The summed E-state index contributed by atoms with van der Waals surface area (Å²) in [5, 5.41) is 3.80. The number of benzene rings is 3. The average molecular weight is 611 g/mol. The number of oxazole rings is 1. The zero-order valence-electron chi connectivity index (χ0n) is 23.1. The first-order valence-corrected chi connectivity index (χ1v) is 14.3. The van der Waals surface area contributed by atoms with Gasteiger partial charge in [-0.3, -0.25) is 4.79 Å². The summed E-state index contributed by atoms with van der Waals surface area (Å²) in [6.45, 7) is 3.35. The summed E-state index contributed by atoms with van der Waals surface area (Å²) in [6.07, 6.45) is -1.65. The van der Waals surface area contributed by atoms with Gasteiger partial charge in [-0.2, -0.15) is 13.2 Å². The highest BCUT2D eigenvalue weighted by Crippen LogP contribution is 2.35. The van der Waals surface area contributed by atoms with E-state index >= 15 is 0 Å². The Labute approximate surface area is 245 Å². The van der Waals surface area contributed by atoms with Gasteiger partial charge in [0.2, 0.25) is 11.8 Å². The number of nitrogens with zero attached hydrogens (tertiary/aromatic N) is 3. The SMILES string of the molecule is Cc1noc(NS(=O)(=O)c2ccccc2-c2ccc(-c3ncco3)cc2CN(C)C(=O)c2ccc(C(F)(F)F)cc2)c1C. The van der Waals surface area contributed by atoms with Crippen LogP contribution in [-0.4, -0.2) is 36.4 Å².